The molecule has 0 bridgehead atoms. The highest BCUT2D eigenvalue weighted by Crippen LogP contribution is 2.41. The van der Waals surface area contributed by atoms with E-state index in [2.05, 4.69) is 0 Å². The second-order valence-electron chi connectivity index (χ2n) is 3.15. The van der Waals surface area contributed by atoms with Gasteiger partial charge in [0, 0.05) is 5.92 Å². The Hall–Kier alpha value is -0.600. The first kappa shape index (κ1) is 8.50. The SMILES string of the molecule is CCC(C1CC1)C(F)C(=O)O. The predicted molar refractivity (Wildman–Crippen MR) is 39.0 cm³/mol. The van der Waals surface area contributed by atoms with E-state index in [-0.39, 0.29) is 5.92 Å². The Labute approximate surface area is 65.4 Å². The molecule has 2 nitrogen and oxygen atoms in total. The maximum Gasteiger partial charge on any atom is 0.338 e. The van der Waals surface area contributed by atoms with Gasteiger partial charge in [-0.15, -0.1) is 0 Å². The van der Waals surface area contributed by atoms with Crippen LogP contribution in [0.2, 0.25) is 0 Å². The molecule has 2 unspecified atom stereocenters. The summed E-state index contributed by atoms with van der Waals surface area (Å²) in [5, 5.41) is 8.39. The number of hydrogen-bond acceptors (Lipinski definition) is 1. The lowest BCUT2D eigenvalue weighted by Crippen LogP contribution is -2.26. The highest BCUT2D eigenvalue weighted by Gasteiger charge is 2.38. The Morgan fingerprint density at radius 1 is 1.73 bits per heavy atom. The van der Waals surface area contributed by atoms with Crippen molar-refractivity contribution in [3.63, 3.8) is 0 Å². The molecular formula is C8H13FO2. The van der Waals surface area contributed by atoms with Crippen LogP contribution in [0.25, 0.3) is 0 Å². The summed E-state index contributed by atoms with van der Waals surface area (Å²) < 4.78 is 12.9. The van der Waals surface area contributed by atoms with Gasteiger partial charge in [-0.3, -0.25) is 0 Å². The minimum absolute atomic E-state index is 0.243. The molecule has 0 spiro atoms. The van der Waals surface area contributed by atoms with Crippen LogP contribution < -0.4 is 0 Å². The number of hydrogen-bond donors (Lipinski definition) is 1. The molecule has 2 atom stereocenters. The number of carboxylic acids is 1. The zero-order valence-electron chi connectivity index (χ0n) is 6.59. The summed E-state index contributed by atoms with van der Waals surface area (Å²) in [7, 11) is 0. The van der Waals surface area contributed by atoms with E-state index < -0.39 is 12.1 Å². The van der Waals surface area contributed by atoms with Crippen molar-refractivity contribution >= 4 is 5.97 Å². The maximum atomic E-state index is 12.9. The van der Waals surface area contributed by atoms with Gasteiger partial charge in [-0.1, -0.05) is 6.92 Å². The van der Waals surface area contributed by atoms with Gasteiger partial charge >= 0.3 is 5.97 Å². The second kappa shape index (κ2) is 3.20. The zero-order valence-corrected chi connectivity index (χ0v) is 6.59. The maximum absolute atomic E-state index is 12.9. The van der Waals surface area contributed by atoms with Crippen molar-refractivity contribution in [3.05, 3.63) is 0 Å². The van der Waals surface area contributed by atoms with E-state index in [1.54, 1.807) is 0 Å². The van der Waals surface area contributed by atoms with Gasteiger partial charge in [0.2, 0.25) is 0 Å². The normalized spacial score (nSPS) is 22.7. The first-order valence-corrected chi connectivity index (χ1v) is 4.03. The Bertz CT molecular complexity index is 154. The number of carbonyl (C=O) groups is 1. The molecule has 0 heterocycles. The van der Waals surface area contributed by atoms with Crippen LogP contribution in [0.5, 0.6) is 0 Å². The molecule has 1 saturated carbocycles. The molecule has 0 radical (unpaired) electrons. The summed E-state index contributed by atoms with van der Waals surface area (Å²) in [5.41, 5.74) is 0. The largest absolute Gasteiger partial charge is 0.479 e. The van der Waals surface area contributed by atoms with Crippen molar-refractivity contribution in [2.24, 2.45) is 11.8 Å². The highest BCUT2D eigenvalue weighted by atomic mass is 19.1. The minimum Gasteiger partial charge on any atom is -0.479 e. The van der Waals surface area contributed by atoms with Gasteiger partial charge < -0.3 is 5.11 Å². The number of halogens is 1. The van der Waals surface area contributed by atoms with E-state index >= 15 is 0 Å². The summed E-state index contributed by atoms with van der Waals surface area (Å²) >= 11 is 0. The summed E-state index contributed by atoms with van der Waals surface area (Å²) in [6.45, 7) is 1.85. The van der Waals surface area contributed by atoms with Gasteiger partial charge in [-0.05, 0) is 25.2 Å². The summed E-state index contributed by atoms with van der Waals surface area (Å²) in [6.07, 6.45) is 1.00. The van der Waals surface area contributed by atoms with Crippen molar-refractivity contribution in [1.82, 2.24) is 0 Å². The van der Waals surface area contributed by atoms with E-state index in [1.165, 1.54) is 0 Å². The topological polar surface area (TPSA) is 37.3 Å². The number of aliphatic carboxylic acids is 1. The second-order valence-corrected chi connectivity index (χ2v) is 3.15. The molecule has 0 aromatic rings. The molecule has 0 aliphatic heterocycles. The molecule has 3 heteroatoms. The molecule has 1 rings (SSSR count). The third kappa shape index (κ3) is 1.91. The number of rotatable bonds is 4. The van der Waals surface area contributed by atoms with Gasteiger partial charge in [0.1, 0.15) is 0 Å². The average Bonchev–Trinajstić information content (AvgIpc) is 2.72. The van der Waals surface area contributed by atoms with Gasteiger partial charge in [0.15, 0.2) is 6.17 Å². The van der Waals surface area contributed by atoms with Crippen LogP contribution in [0.4, 0.5) is 4.39 Å². The minimum atomic E-state index is -1.65. The third-order valence-electron chi connectivity index (χ3n) is 2.31. The van der Waals surface area contributed by atoms with Crippen LogP contribution in [0.15, 0.2) is 0 Å². The molecule has 0 aromatic carbocycles. The molecule has 1 aliphatic carbocycles. The Kier molecular flexibility index (Phi) is 2.47. The van der Waals surface area contributed by atoms with E-state index in [4.69, 9.17) is 5.11 Å². The molecule has 1 aliphatic rings. The fourth-order valence-electron chi connectivity index (χ4n) is 1.49. The van der Waals surface area contributed by atoms with E-state index in [9.17, 15) is 9.18 Å². The molecular weight excluding hydrogens is 147 g/mol. The van der Waals surface area contributed by atoms with Crippen molar-refractivity contribution in [3.8, 4) is 0 Å². The third-order valence-corrected chi connectivity index (χ3v) is 2.31. The first-order chi connectivity index (χ1) is 5.16. The lowest BCUT2D eigenvalue weighted by Gasteiger charge is -2.14. The molecule has 64 valence electrons. The smallest absolute Gasteiger partial charge is 0.338 e. The fraction of sp³-hybridized carbons (Fsp3) is 0.875. The van der Waals surface area contributed by atoms with Gasteiger partial charge in [0.05, 0.1) is 0 Å². The fourth-order valence-corrected chi connectivity index (χ4v) is 1.49. The molecule has 0 amide bonds. The van der Waals surface area contributed by atoms with Gasteiger partial charge in [0.25, 0.3) is 0 Å². The molecule has 0 aromatic heterocycles. The van der Waals surface area contributed by atoms with Crippen LogP contribution in [0, 0.1) is 11.8 Å². The van der Waals surface area contributed by atoms with Crippen molar-refractivity contribution in [2.75, 3.05) is 0 Å². The first-order valence-electron chi connectivity index (χ1n) is 4.03. The number of carboxylic acid groups (broad SMARTS) is 1. The molecule has 1 fully saturated rings. The Morgan fingerprint density at radius 2 is 2.27 bits per heavy atom. The van der Waals surface area contributed by atoms with Crippen LogP contribution in [0.1, 0.15) is 26.2 Å². The summed E-state index contributed by atoms with van der Waals surface area (Å²) in [6, 6.07) is 0. The van der Waals surface area contributed by atoms with Crippen LogP contribution in [-0.2, 0) is 4.79 Å². The molecule has 0 saturated heterocycles. The monoisotopic (exact) mass is 160 g/mol. The van der Waals surface area contributed by atoms with Crippen LogP contribution in [-0.4, -0.2) is 17.2 Å². The van der Waals surface area contributed by atoms with E-state index in [1.807, 2.05) is 6.92 Å². The van der Waals surface area contributed by atoms with Crippen LogP contribution in [0.3, 0.4) is 0 Å². The highest BCUT2D eigenvalue weighted by molar-refractivity contribution is 5.72. The summed E-state index contributed by atoms with van der Waals surface area (Å²) in [5.74, 6) is -1.21. The summed E-state index contributed by atoms with van der Waals surface area (Å²) in [4.78, 5) is 10.3. The van der Waals surface area contributed by atoms with Crippen molar-refractivity contribution < 1.29 is 14.3 Å². The molecule has 11 heavy (non-hydrogen) atoms. The van der Waals surface area contributed by atoms with E-state index in [0.717, 1.165) is 12.8 Å². The van der Waals surface area contributed by atoms with Crippen molar-refractivity contribution in [1.29, 1.82) is 0 Å². The number of alkyl halides is 1. The Morgan fingerprint density at radius 3 is 2.55 bits per heavy atom. The van der Waals surface area contributed by atoms with Crippen LogP contribution >= 0.6 is 0 Å². The Balaban J connectivity index is 2.45. The quantitative estimate of drug-likeness (QED) is 0.681. The lowest BCUT2D eigenvalue weighted by atomic mass is 9.95. The lowest BCUT2D eigenvalue weighted by molar-refractivity contribution is -0.145. The zero-order chi connectivity index (χ0) is 8.43. The van der Waals surface area contributed by atoms with Gasteiger partial charge in [-0.2, -0.15) is 0 Å². The molecule has 1 N–H and O–H groups in total. The predicted octanol–water partition coefficient (Wildman–Crippen LogP) is 1.85. The van der Waals surface area contributed by atoms with Crippen molar-refractivity contribution in [2.45, 2.75) is 32.4 Å². The van der Waals surface area contributed by atoms with E-state index in [0.29, 0.717) is 12.3 Å². The van der Waals surface area contributed by atoms with Gasteiger partial charge in [-0.25, -0.2) is 9.18 Å². The average molecular weight is 160 g/mol. The standard InChI is InChI=1S/C8H13FO2/c1-2-6(5-3-4-5)7(9)8(10)11/h5-7H,2-4H2,1H3,(H,10,11).